The molecule has 1 amide bonds. The second-order valence-corrected chi connectivity index (χ2v) is 10.5. The van der Waals surface area contributed by atoms with Crippen LogP contribution in [-0.2, 0) is 4.74 Å². The molecule has 1 heterocycles. The molecule has 0 aromatic heterocycles. The topological polar surface area (TPSA) is 41.6 Å². The van der Waals surface area contributed by atoms with Gasteiger partial charge in [0.15, 0.2) is 0 Å². The summed E-state index contributed by atoms with van der Waals surface area (Å²) in [7, 11) is 4.21. The number of ether oxygens (including phenoxy) is 1. The van der Waals surface area contributed by atoms with Crippen molar-refractivity contribution in [3.8, 4) is 0 Å². The van der Waals surface area contributed by atoms with Gasteiger partial charge in [-0.2, -0.15) is 0 Å². The highest BCUT2D eigenvalue weighted by Gasteiger charge is 2.20. The number of amides is 1. The molecule has 0 unspecified atom stereocenters. The molecule has 0 saturated heterocycles. The number of hydrogen-bond donors (Lipinski definition) is 1. The van der Waals surface area contributed by atoms with Crippen LogP contribution in [-0.4, -0.2) is 37.7 Å². The molecule has 0 spiro atoms. The molecule has 1 aliphatic heterocycles. The van der Waals surface area contributed by atoms with Gasteiger partial charge in [-0.3, -0.25) is 5.32 Å². The predicted molar refractivity (Wildman–Crippen MR) is 156 cm³/mol. The third-order valence-electron chi connectivity index (χ3n) is 4.97. The van der Waals surface area contributed by atoms with Crippen LogP contribution in [0.3, 0.4) is 0 Å². The van der Waals surface area contributed by atoms with Crippen molar-refractivity contribution in [1.82, 2.24) is 4.90 Å². The van der Waals surface area contributed by atoms with Crippen LogP contribution in [0, 0.1) is 0 Å². The third-order valence-corrected chi connectivity index (χ3v) is 6.59. The molecule has 4 rings (SSSR count). The van der Waals surface area contributed by atoms with Crippen LogP contribution in [0.2, 0.25) is 10.0 Å². The fourth-order valence-corrected chi connectivity index (χ4v) is 4.91. The monoisotopic (exact) mass is 564 g/mol. The summed E-state index contributed by atoms with van der Waals surface area (Å²) in [6, 6.07) is 21.7. The number of hydrogen-bond acceptors (Lipinski definition) is 4. The molecule has 36 heavy (non-hydrogen) atoms. The molecule has 4 nitrogen and oxygen atoms in total. The summed E-state index contributed by atoms with van der Waals surface area (Å²) in [5, 5.41) is 3.94. The molecule has 0 atom stereocenters. The Morgan fingerprint density at radius 3 is 2.36 bits per heavy atom. The van der Waals surface area contributed by atoms with E-state index in [1.165, 1.54) is 26.5 Å². The molecule has 1 aliphatic rings. The number of carbonyl (C=O) groups is 1. The van der Waals surface area contributed by atoms with Crippen LogP contribution in [0.25, 0.3) is 5.57 Å². The normalized spacial score (nSPS) is 12.7. The molecule has 3 aromatic rings. The lowest BCUT2D eigenvalue weighted by molar-refractivity contribution is 0.130. The van der Waals surface area contributed by atoms with Gasteiger partial charge in [0.1, 0.15) is 0 Å². The Kier molecular flexibility index (Phi) is 12.2. The largest absolute Gasteiger partial charge is 0.447 e. The zero-order chi connectivity index (χ0) is 25.4. The first-order valence-electron chi connectivity index (χ1n) is 11.4. The van der Waals surface area contributed by atoms with Crippen LogP contribution >= 0.6 is 47.4 Å². The molecular weight excluding hydrogens is 535 g/mol. The van der Waals surface area contributed by atoms with E-state index < -0.39 is 6.09 Å². The molecule has 0 fully saturated rings. The van der Waals surface area contributed by atoms with Crippen LogP contribution in [0.5, 0.6) is 0 Å². The Bertz CT molecular complexity index is 1200. The quantitative estimate of drug-likeness (QED) is 0.262. The highest BCUT2D eigenvalue weighted by molar-refractivity contribution is 7.99. The fourth-order valence-electron chi connectivity index (χ4n) is 3.46. The van der Waals surface area contributed by atoms with E-state index in [0.717, 1.165) is 18.0 Å². The maximum Gasteiger partial charge on any atom is 0.411 e. The molecule has 1 N–H and O–H groups in total. The molecule has 192 valence electrons. The summed E-state index contributed by atoms with van der Waals surface area (Å²) in [5.41, 5.74) is 4.51. The number of carbonyl (C=O) groups excluding carboxylic acids is 1. The van der Waals surface area contributed by atoms with Crippen molar-refractivity contribution in [2.75, 3.05) is 26.0 Å². The first kappa shape index (κ1) is 30.1. The number of nitrogens with zero attached hydrogens (tertiary/aromatic N) is 1. The minimum absolute atomic E-state index is 0. The zero-order valence-corrected chi connectivity index (χ0v) is 23.9. The van der Waals surface area contributed by atoms with E-state index in [9.17, 15) is 4.79 Å². The lowest BCUT2D eigenvalue weighted by Crippen LogP contribution is -2.17. The molecule has 0 saturated carbocycles. The molecule has 8 heteroatoms. The van der Waals surface area contributed by atoms with E-state index in [1.807, 2.05) is 17.8 Å². The van der Waals surface area contributed by atoms with E-state index in [0.29, 0.717) is 10.7 Å². The van der Waals surface area contributed by atoms with Crippen LogP contribution in [0.1, 0.15) is 31.4 Å². The van der Waals surface area contributed by atoms with Gasteiger partial charge in [-0.25, -0.2) is 4.79 Å². The summed E-state index contributed by atoms with van der Waals surface area (Å²) in [6.07, 6.45) is 2.78. The maximum absolute atomic E-state index is 11.2. The Labute approximate surface area is 234 Å². The van der Waals surface area contributed by atoms with Crippen molar-refractivity contribution >= 4 is 64.7 Å². The van der Waals surface area contributed by atoms with Crippen LogP contribution < -0.4 is 5.32 Å². The van der Waals surface area contributed by atoms with Crippen molar-refractivity contribution in [2.45, 2.75) is 36.2 Å². The van der Waals surface area contributed by atoms with Gasteiger partial charge in [-0.15, -0.1) is 12.4 Å². The van der Waals surface area contributed by atoms with Crippen molar-refractivity contribution < 1.29 is 9.53 Å². The van der Waals surface area contributed by atoms with Crippen LogP contribution in [0.4, 0.5) is 10.5 Å². The van der Waals surface area contributed by atoms with Crippen molar-refractivity contribution in [3.05, 3.63) is 94.0 Å². The Morgan fingerprint density at radius 1 is 0.972 bits per heavy atom. The van der Waals surface area contributed by atoms with Crippen molar-refractivity contribution in [3.63, 3.8) is 0 Å². The molecule has 0 bridgehead atoms. The number of benzene rings is 3. The van der Waals surface area contributed by atoms with Gasteiger partial charge in [0.2, 0.25) is 0 Å². The van der Waals surface area contributed by atoms with Gasteiger partial charge in [0, 0.05) is 32.1 Å². The second kappa shape index (κ2) is 14.6. The van der Waals surface area contributed by atoms with Gasteiger partial charge < -0.3 is 9.64 Å². The van der Waals surface area contributed by atoms with Gasteiger partial charge in [0.25, 0.3) is 0 Å². The summed E-state index contributed by atoms with van der Waals surface area (Å²) in [6.45, 7) is 4.63. The van der Waals surface area contributed by atoms with E-state index in [2.05, 4.69) is 66.8 Å². The number of rotatable bonds is 5. The highest BCUT2D eigenvalue weighted by Crippen LogP contribution is 2.46. The smallest absolute Gasteiger partial charge is 0.411 e. The van der Waals surface area contributed by atoms with E-state index in [4.69, 9.17) is 27.9 Å². The minimum atomic E-state index is -0.470. The number of halogens is 3. The summed E-state index contributed by atoms with van der Waals surface area (Å²) >= 11 is 13.8. The average molecular weight is 566 g/mol. The standard InChI is InChI=1S/C18H18ClNS.C10H12ClNO2.ClH/c1-20(2)11-5-7-14-15-6-3-4-8-17(15)21-18-10-9-13(19)12-16(14)18;1-7(2)14-10(13)12-9-5-3-4-8(11)6-9;/h3-4,6-10,12H,5,11H2,1-2H3;3-7H,1-2H3,(H,12,13);1H. The predicted octanol–water partition coefficient (Wildman–Crippen LogP) is 8.91. The lowest BCUT2D eigenvalue weighted by Gasteiger charge is -2.22. The van der Waals surface area contributed by atoms with Gasteiger partial charge >= 0.3 is 6.09 Å². The summed E-state index contributed by atoms with van der Waals surface area (Å²) in [4.78, 5) is 16.0. The van der Waals surface area contributed by atoms with E-state index >= 15 is 0 Å². The average Bonchev–Trinajstić information content (AvgIpc) is 2.78. The first-order valence-corrected chi connectivity index (χ1v) is 13.0. The fraction of sp³-hybridized carbons (Fsp3) is 0.250. The van der Waals surface area contributed by atoms with Crippen LogP contribution in [0.15, 0.2) is 82.6 Å². The lowest BCUT2D eigenvalue weighted by atomic mass is 9.96. The maximum atomic E-state index is 11.2. The van der Waals surface area contributed by atoms with Crippen molar-refractivity contribution in [2.24, 2.45) is 0 Å². The molecule has 0 radical (unpaired) electrons. The van der Waals surface area contributed by atoms with Gasteiger partial charge in [0.05, 0.1) is 6.10 Å². The Balaban J connectivity index is 0.000000268. The molecule has 3 aromatic carbocycles. The van der Waals surface area contributed by atoms with Gasteiger partial charge in [-0.1, -0.05) is 65.3 Å². The third kappa shape index (κ3) is 9.06. The number of anilines is 1. The van der Waals surface area contributed by atoms with E-state index in [-0.39, 0.29) is 18.5 Å². The Hall–Kier alpha value is -2.15. The Morgan fingerprint density at radius 2 is 1.67 bits per heavy atom. The van der Waals surface area contributed by atoms with Gasteiger partial charge in [-0.05, 0) is 93.5 Å². The summed E-state index contributed by atoms with van der Waals surface area (Å²) < 4.78 is 4.90. The second-order valence-electron chi connectivity index (χ2n) is 8.54. The van der Waals surface area contributed by atoms with Crippen molar-refractivity contribution in [1.29, 1.82) is 0 Å². The minimum Gasteiger partial charge on any atom is -0.447 e. The SMILES string of the molecule is CC(C)OC(=O)Nc1cccc(Cl)c1.CN(C)CCC=C1c2ccccc2Sc2ccc(Cl)cc21.Cl. The number of fused-ring (bicyclic) bond motifs is 2. The van der Waals surface area contributed by atoms with E-state index in [1.54, 1.807) is 38.1 Å². The highest BCUT2D eigenvalue weighted by atomic mass is 35.5. The number of nitrogens with one attached hydrogen (secondary N) is 1. The molecular formula is C28H31Cl3N2O2S. The zero-order valence-electron chi connectivity index (χ0n) is 20.8. The molecule has 0 aliphatic carbocycles. The first-order chi connectivity index (χ1) is 16.7. The summed E-state index contributed by atoms with van der Waals surface area (Å²) in [5.74, 6) is 0.